The minimum Gasteiger partial charge on any atom is -0.322 e. The van der Waals surface area contributed by atoms with Crippen LogP contribution in [0.2, 0.25) is 0 Å². The first-order chi connectivity index (χ1) is 12.0. The number of nitrogens with one attached hydrogen (secondary N) is 1. The van der Waals surface area contributed by atoms with Crippen LogP contribution < -0.4 is 10.2 Å². The van der Waals surface area contributed by atoms with Crippen molar-refractivity contribution in [3.8, 4) is 0 Å². The summed E-state index contributed by atoms with van der Waals surface area (Å²) in [6, 6.07) is 11.1. The van der Waals surface area contributed by atoms with Crippen molar-refractivity contribution in [1.29, 1.82) is 0 Å². The number of halogens is 1. The lowest BCUT2D eigenvalue weighted by molar-refractivity contribution is -0.121. The normalized spacial score (nSPS) is 13.5. The van der Waals surface area contributed by atoms with Crippen LogP contribution in [0.4, 0.5) is 15.8 Å². The van der Waals surface area contributed by atoms with Gasteiger partial charge in [0.25, 0.3) is 5.91 Å². The number of rotatable bonds is 3. The molecule has 0 aliphatic carbocycles. The van der Waals surface area contributed by atoms with Gasteiger partial charge < -0.3 is 10.2 Å². The molecule has 2 aromatic carbocycles. The molecule has 4 nitrogen and oxygen atoms in total. The number of hydrogen-bond acceptors (Lipinski definition) is 2. The van der Waals surface area contributed by atoms with E-state index in [0.717, 1.165) is 24.1 Å². The van der Waals surface area contributed by atoms with Gasteiger partial charge in [0.15, 0.2) is 0 Å². The number of carbonyl (C=O) groups excluding carboxylic acids is 2. The van der Waals surface area contributed by atoms with Gasteiger partial charge in [0, 0.05) is 29.4 Å². The number of fused-ring (bicyclic) bond motifs is 1. The van der Waals surface area contributed by atoms with Crippen molar-refractivity contribution in [1.82, 2.24) is 0 Å². The summed E-state index contributed by atoms with van der Waals surface area (Å²) in [5, 5.41) is 2.78. The highest BCUT2D eigenvalue weighted by molar-refractivity contribution is 6.05. The fraction of sp³-hybridized carbons (Fsp3) is 0.300. The van der Waals surface area contributed by atoms with E-state index < -0.39 is 5.82 Å². The van der Waals surface area contributed by atoms with E-state index in [1.165, 1.54) is 18.2 Å². The summed E-state index contributed by atoms with van der Waals surface area (Å²) in [5.41, 5.74) is 2.80. The molecule has 0 saturated heterocycles. The molecular weight excluding hydrogens is 319 g/mol. The molecule has 0 saturated carbocycles. The maximum Gasteiger partial charge on any atom is 0.255 e. The van der Waals surface area contributed by atoms with Crippen LogP contribution in [0.1, 0.15) is 36.2 Å². The Bertz CT molecular complexity index is 817. The van der Waals surface area contributed by atoms with E-state index in [9.17, 15) is 14.0 Å². The molecule has 1 aliphatic rings. The Hall–Kier alpha value is -2.69. The van der Waals surface area contributed by atoms with Gasteiger partial charge in [0.2, 0.25) is 5.91 Å². The number of nitrogens with zero attached hydrogens (tertiary/aromatic N) is 1. The highest BCUT2D eigenvalue weighted by Gasteiger charge is 2.24. The zero-order valence-electron chi connectivity index (χ0n) is 14.4. The lowest BCUT2D eigenvalue weighted by atomic mass is 9.99. The quantitative estimate of drug-likeness (QED) is 0.918. The fourth-order valence-corrected chi connectivity index (χ4v) is 3.03. The summed E-state index contributed by atoms with van der Waals surface area (Å²) in [6.45, 7) is 4.45. The van der Waals surface area contributed by atoms with Crippen LogP contribution in [0.3, 0.4) is 0 Å². The molecule has 0 fully saturated rings. The van der Waals surface area contributed by atoms with Gasteiger partial charge in [-0.3, -0.25) is 9.59 Å². The third-order valence-electron chi connectivity index (χ3n) is 4.31. The predicted octanol–water partition coefficient (Wildman–Crippen LogP) is 4.01. The molecule has 0 atom stereocenters. The average molecular weight is 340 g/mol. The average Bonchev–Trinajstić information content (AvgIpc) is 2.60. The zero-order valence-corrected chi connectivity index (χ0v) is 14.4. The summed E-state index contributed by atoms with van der Waals surface area (Å²) >= 11 is 0. The van der Waals surface area contributed by atoms with Gasteiger partial charge in [-0.1, -0.05) is 26.0 Å². The van der Waals surface area contributed by atoms with Crippen LogP contribution in [0.15, 0.2) is 42.5 Å². The second kappa shape index (κ2) is 7.05. The summed E-state index contributed by atoms with van der Waals surface area (Å²) in [6.07, 6.45) is 1.84. The van der Waals surface area contributed by atoms with E-state index in [0.29, 0.717) is 12.2 Å². The van der Waals surface area contributed by atoms with Gasteiger partial charge in [0.05, 0.1) is 0 Å². The van der Waals surface area contributed by atoms with Crippen molar-refractivity contribution in [2.45, 2.75) is 26.7 Å². The molecule has 2 aromatic rings. The minimum atomic E-state index is -0.452. The number of carbonyl (C=O) groups is 2. The fourth-order valence-electron chi connectivity index (χ4n) is 3.03. The van der Waals surface area contributed by atoms with Crippen LogP contribution in [0, 0.1) is 11.7 Å². The van der Waals surface area contributed by atoms with Crippen molar-refractivity contribution < 1.29 is 14.0 Å². The molecule has 1 N–H and O–H groups in total. The monoisotopic (exact) mass is 340 g/mol. The van der Waals surface area contributed by atoms with Gasteiger partial charge >= 0.3 is 0 Å². The number of anilines is 2. The Kier molecular flexibility index (Phi) is 4.83. The number of amides is 2. The van der Waals surface area contributed by atoms with Crippen molar-refractivity contribution in [3.63, 3.8) is 0 Å². The van der Waals surface area contributed by atoms with E-state index in [2.05, 4.69) is 5.32 Å². The van der Waals surface area contributed by atoms with Gasteiger partial charge in [-0.15, -0.1) is 0 Å². The van der Waals surface area contributed by atoms with Gasteiger partial charge in [-0.25, -0.2) is 4.39 Å². The van der Waals surface area contributed by atoms with Crippen LogP contribution in [0.25, 0.3) is 0 Å². The first-order valence-corrected chi connectivity index (χ1v) is 8.47. The molecule has 0 radical (unpaired) electrons. The Morgan fingerprint density at radius 3 is 2.68 bits per heavy atom. The van der Waals surface area contributed by atoms with Crippen LogP contribution in [-0.4, -0.2) is 18.4 Å². The Labute approximate surface area is 146 Å². The summed E-state index contributed by atoms with van der Waals surface area (Å²) < 4.78 is 13.3. The lowest BCUT2D eigenvalue weighted by Gasteiger charge is -2.31. The Balaban J connectivity index is 1.86. The van der Waals surface area contributed by atoms with E-state index >= 15 is 0 Å². The molecule has 3 rings (SSSR count). The smallest absolute Gasteiger partial charge is 0.255 e. The molecular formula is C20H21FN2O2. The SMILES string of the molecule is CC(C)C(=O)N1CCCc2ccc(NC(=O)c3cccc(F)c3)cc21. The minimum absolute atomic E-state index is 0.0783. The molecule has 25 heavy (non-hydrogen) atoms. The first-order valence-electron chi connectivity index (χ1n) is 8.47. The predicted molar refractivity (Wildman–Crippen MR) is 96.3 cm³/mol. The van der Waals surface area contributed by atoms with Crippen molar-refractivity contribution in [2.24, 2.45) is 5.92 Å². The maximum absolute atomic E-state index is 13.3. The van der Waals surface area contributed by atoms with E-state index in [1.807, 2.05) is 32.0 Å². The van der Waals surface area contributed by atoms with Gasteiger partial charge in [-0.2, -0.15) is 0 Å². The van der Waals surface area contributed by atoms with E-state index in [4.69, 9.17) is 0 Å². The van der Waals surface area contributed by atoms with Crippen LogP contribution in [-0.2, 0) is 11.2 Å². The van der Waals surface area contributed by atoms with E-state index in [-0.39, 0.29) is 23.3 Å². The second-order valence-corrected chi connectivity index (χ2v) is 6.56. The van der Waals surface area contributed by atoms with Crippen molar-refractivity contribution in [3.05, 3.63) is 59.4 Å². The molecule has 1 heterocycles. The van der Waals surface area contributed by atoms with Gasteiger partial charge in [0.1, 0.15) is 5.82 Å². The van der Waals surface area contributed by atoms with E-state index in [1.54, 1.807) is 11.0 Å². The Morgan fingerprint density at radius 1 is 1.16 bits per heavy atom. The molecule has 0 aromatic heterocycles. The molecule has 130 valence electrons. The van der Waals surface area contributed by atoms with Crippen molar-refractivity contribution >= 4 is 23.2 Å². The highest BCUT2D eigenvalue weighted by atomic mass is 19.1. The Morgan fingerprint density at radius 2 is 1.96 bits per heavy atom. The van der Waals surface area contributed by atoms with Crippen LogP contribution >= 0.6 is 0 Å². The standard InChI is InChI=1S/C20H21FN2O2/c1-13(2)20(25)23-10-4-6-14-8-9-17(12-18(14)23)22-19(24)15-5-3-7-16(21)11-15/h3,5,7-9,11-13H,4,6,10H2,1-2H3,(H,22,24). The van der Waals surface area contributed by atoms with Crippen LogP contribution in [0.5, 0.6) is 0 Å². The lowest BCUT2D eigenvalue weighted by Crippen LogP contribution is -2.38. The third kappa shape index (κ3) is 3.71. The first kappa shape index (κ1) is 17.1. The highest BCUT2D eigenvalue weighted by Crippen LogP contribution is 2.31. The maximum atomic E-state index is 13.3. The molecule has 0 spiro atoms. The topological polar surface area (TPSA) is 49.4 Å². The number of aryl methyl sites for hydroxylation is 1. The summed E-state index contributed by atoms with van der Waals surface area (Å²) in [7, 11) is 0. The molecule has 2 amide bonds. The molecule has 1 aliphatic heterocycles. The molecule has 0 unspecified atom stereocenters. The van der Waals surface area contributed by atoms with Gasteiger partial charge in [-0.05, 0) is 48.7 Å². The second-order valence-electron chi connectivity index (χ2n) is 6.56. The molecule has 5 heteroatoms. The number of benzene rings is 2. The number of hydrogen-bond donors (Lipinski definition) is 1. The molecule has 0 bridgehead atoms. The summed E-state index contributed by atoms with van der Waals surface area (Å²) in [5.74, 6) is -0.838. The zero-order chi connectivity index (χ0) is 18.0. The largest absolute Gasteiger partial charge is 0.322 e. The summed E-state index contributed by atoms with van der Waals surface area (Å²) in [4.78, 5) is 26.5. The van der Waals surface area contributed by atoms with Crippen molar-refractivity contribution in [2.75, 3.05) is 16.8 Å². The third-order valence-corrected chi connectivity index (χ3v) is 4.31.